The van der Waals surface area contributed by atoms with Crippen LogP contribution < -0.4 is 5.32 Å². The molecule has 0 aromatic carbocycles. The molecule has 0 saturated heterocycles. The highest BCUT2D eigenvalue weighted by molar-refractivity contribution is 5.67. The quantitative estimate of drug-likeness (QED) is 0.702. The van der Waals surface area contributed by atoms with E-state index in [1.54, 1.807) is 26.1 Å². The summed E-state index contributed by atoms with van der Waals surface area (Å²) in [6.45, 7) is 3.34. The highest BCUT2D eigenvalue weighted by Gasteiger charge is 2.28. The third-order valence-corrected chi connectivity index (χ3v) is 0.832. The van der Waals surface area contributed by atoms with Crippen LogP contribution in [0.25, 0.3) is 0 Å². The predicted octanol–water partition coefficient (Wildman–Crippen LogP) is 2.07. The summed E-state index contributed by atoms with van der Waals surface area (Å²) in [7, 11) is 0. The van der Waals surface area contributed by atoms with Gasteiger partial charge in [-0.25, -0.2) is 4.79 Å². The molecule has 1 amide bonds. The van der Waals surface area contributed by atoms with E-state index in [1.165, 1.54) is 0 Å². The zero-order valence-electron chi connectivity index (χ0n) is 7.66. The smallest absolute Gasteiger partial charge is 0.407 e. The molecule has 0 saturated carbocycles. The van der Waals surface area contributed by atoms with Crippen molar-refractivity contribution in [2.45, 2.75) is 32.5 Å². The van der Waals surface area contributed by atoms with Crippen molar-refractivity contribution in [2.75, 3.05) is 6.54 Å². The summed E-state index contributed by atoms with van der Waals surface area (Å²) in [4.78, 5) is 10.7. The molecule has 13 heavy (non-hydrogen) atoms. The number of carbonyl (C=O) groups excluding carboxylic acids is 1. The lowest BCUT2D eigenvalue weighted by atomic mass is 10.2. The molecule has 0 rings (SSSR count). The van der Waals surface area contributed by atoms with Gasteiger partial charge in [-0.1, -0.05) is 0 Å². The van der Waals surface area contributed by atoms with E-state index in [0.29, 0.717) is 0 Å². The van der Waals surface area contributed by atoms with Gasteiger partial charge in [-0.05, 0) is 20.8 Å². The number of ether oxygens (including phenoxy) is 1. The Morgan fingerprint density at radius 2 is 1.77 bits per heavy atom. The van der Waals surface area contributed by atoms with Gasteiger partial charge in [0.2, 0.25) is 0 Å². The molecule has 0 bridgehead atoms. The number of hydrogen-bond acceptors (Lipinski definition) is 2. The van der Waals surface area contributed by atoms with Crippen molar-refractivity contribution in [1.82, 2.24) is 5.32 Å². The number of hydrogen-bond donors (Lipinski definition) is 1. The van der Waals surface area contributed by atoms with Gasteiger partial charge < -0.3 is 10.1 Å². The Labute approximate surface area is 74.3 Å². The normalized spacial score (nSPS) is 12.5. The van der Waals surface area contributed by atoms with Crippen LogP contribution in [-0.2, 0) is 4.74 Å². The van der Waals surface area contributed by atoms with Gasteiger partial charge in [0.25, 0.3) is 0 Å². The van der Waals surface area contributed by atoms with E-state index in [9.17, 15) is 18.0 Å². The molecule has 0 fully saturated rings. The second kappa shape index (κ2) is 3.85. The van der Waals surface area contributed by atoms with Crippen molar-refractivity contribution in [3.8, 4) is 0 Å². The van der Waals surface area contributed by atoms with Crippen LogP contribution in [0, 0.1) is 0 Å². The average Bonchev–Trinajstić information content (AvgIpc) is 1.78. The number of alkyl carbamates (subject to hydrolysis) is 1. The highest BCUT2D eigenvalue weighted by atomic mass is 19.4. The van der Waals surface area contributed by atoms with Crippen LogP contribution in [0.3, 0.4) is 0 Å². The molecule has 6 heteroatoms. The molecule has 0 spiro atoms. The van der Waals surface area contributed by atoms with Gasteiger partial charge >= 0.3 is 12.3 Å². The maximum atomic E-state index is 11.6. The summed E-state index contributed by atoms with van der Waals surface area (Å²) >= 11 is 0. The highest BCUT2D eigenvalue weighted by Crippen LogP contribution is 2.13. The number of rotatable bonds is 1. The average molecular weight is 199 g/mol. The number of nitrogens with one attached hydrogen (secondary N) is 1. The summed E-state index contributed by atoms with van der Waals surface area (Å²) in [5.74, 6) is 0. The number of alkyl halides is 3. The van der Waals surface area contributed by atoms with E-state index in [4.69, 9.17) is 0 Å². The van der Waals surface area contributed by atoms with Gasteiger partial charge in [0, 0.05) is 0 Å². The molecule has 78 valence electrons. The minimum Gasteiger partial charge on any atom is -0.444 e. The Balaban J connectivity index is 3.78. The van der Waals surface area contributed by atoms with Crippen LogP contribution in [0.2, 0.25) is 0 Å². The minimum absolute atomic E-state index is 0.782. The zero-order valence-corrected chi connectivity index (χ0v) is 7.66. The summed E-state index contributed by atoms with van der Waals surface area (Å²) in [6.07, 6.45) is -5.47. The van der Waals surface area contributed by atoms with Gasteiger partial charge in [-0.2, -0.15) is 13.2 Å². The molecule has 0 aromatic heterocycles. The largest absolute Gasteiger partial charge is 0.444 e. The summed E-state index contributed by atoms with van der Waals surface area (Å²) < 4.78 is 39.3. The fourth-order valence-electron chi connectivity index (χ4n) is 0.487. The Morgan fingerprint density at radius 1 is 1.31 bits per heavy atom. The van der Waals surface area contributed by atoms with Crippen LogP contribution in [0.4, 0.5) is 18.0 Å². The Morgan fingerprint density at radius 3 is 2.08 bits per heavy atom. The maximum absolute atomic E-state index is 11.6. The van der Waals surface area contributed by atoms with E-state index >= 15 is 0 Å². The zero-order chi connectivity index (χ0) is 10.7. The summed E-state index contributed by atoms with van der Waals surface area (Å²) in [5, 5.41) is 1.59. The lowest BCUT2D eigenvalue weighted by Gasteiger charge is -2.19. The second-order valence-corrected chi connectivity index (χ2v) is 3.47. The van der Waals surface area contributed by atoms with Crippen molar-refractivity contribution < 1.29 is 22.7 Å². The fraction of sp³-hybridized carbons (Fsp3) is 0.857. The standard InChI is InChI=1S/C7H12F3NO2/c1-6(2,3)13-5(12)11-4-7(8,9)10/h4H2,1-3H3,(H,11,12). The van der Waals surface area contributed by atoms with E-state index < -0.39 is 24.4 Å². The predicted molar refractivity (Wildman–Crippen MR) is 40.3 cm³/mol. The molecular formula is C7H12F3NO2. The first-order chi connectivity index (χ1) is 5.60. The van der Waals surface area contributed by atoms with Crippen LogP contribution >= 0.6 is 0 Å². The molecule has 0 heterocycles. The van der Waals surface area contributed by atoms with Gasteiger partial charge in [-0.15, -0.1) is 0 Å². The van der Waals surface area contributed by atoms with Crippen LogP contribution in [0.1, 0.15) is 20.8 Å². The summed E-state index contributed by atoms with van der Waals surface area (Å²) in [5.41, 5.74) is -0.782. The van der Waals surface area contributed by atoms with E-state index in [0.717, 1.165) is 0 Å². The maximum Gasteiger partial charge on any atom is 0.407 e. The van der Waals surface area contributed by atoms with Crippen molar-refractivity contribution in [2.24, 2.45) is 0 Å². The minimum atomic E-state index is -4.41. The monoisotopic (exact) mass is 199 g/mol. The molecular weight excluding hydrogens is 187 g/mol. The van der Waals surface area contributed by atoms with Crippen LogP contribution in [-0.4, -0.2) is 24.4 Å². The first kappa shape index (κ1) is 12.1. The number of halogens is 3. The summed E-state index contributed by atoms with van der Waals surface area (Å²) in [6, 6.07) is 0. The van der Waals surface area contributed by atoms with Crippen molar-refractivity contribution >= 4 is 6.09 Å². The fourth-order valence-corrected chi connectivity index (χ4v) is 0.487. The Bertz CT molecular complexity index is 183. The van der Waals surface area contributed by atoms with Crippen molar-refractivity contribution in [3.63, 3.8) is 0 Å². The third kappa shape index (κ3) is 8.97. The molecule has 3 nitrogen and oxygen atoms in total. The van der Waals surface area contributed by atoms with E-state index in [2.05, 4.69) is 4.74 Å². The van der Waals surface area contributed by atoms with E-state index in [-0.39, 0.29) is 0 Å². The molecule has 0 aliphatic rings. The Kier molecular flexibility index (Phi) is 3.57. The van der Waals surface area contributed by atoms with Gasteiger partial charge in [0.05, 0.1) is 0 Å². The van der Waals surface area contributed by atoms with Gasteiger partial charge in [-0.3, -0.25) is 0 Å². The third-order valence-electron chi connectivity index (χ3n) is 0.832. The van der Waals surface area contributed by atoms with Gasteiger partial charge in [0.15, 0.2) is 0 Å². The van der Waals surface area contributed by atoms with Crippen LogP contribution in [0.5, 0.6) is 0 Å². The van der Waals surface area contributed by atoms with E-state index in [1.807, 2.05) is 0 Å². The number of carbonyl (C=O) groups is 1. The second-order valence-electron chi connectivity index (χ2n) is 3.47. The lowest BCUT2D eigenvalue weighted by Crippen LogP contribution is -2.37. The first-order valence-corrected chi connectivity index (χ1v) is 3.64. The molecule has 0 aliphatic heterocycles. The molecule has 1 N–H and O–H groups in total. The molecule has 0 unspecified atom stereocenters. The molecule has 0 aromatic rings. The van der Waals surface area contributed by atoms with Crippen LogP contribution in [0.15, 0.2) is 0 Å². The van der Waals surface area contributed by atoms with Gasteiger partial charge in [0.1, 0.15) is 12.1 Å². The van der Waals surface area contributed by atoms with Crippen molar-refractivity contribution in [1.29, 1.82) is 0 Å². The number of amides is 1. The lowest BCUT2D eigenvalue weighted by molar-refractivity contribution is -0.124. The van der Waals surface area contributed by atoms with Crippen molar-refractivity contribution in [3.05, 3.63) is 0 Å². The topological polar surface area (TPSA) is 38.3 Å². The molecule has 0 radical (unpaired) electrons. The Hall–Kier alpha value is -0.940. The molecule has 0 aliphatic carbocycles. The SMILES string of the molecule is CC(C)(C)OC(=O)NCC(F)(F)F. The first-order valence-electron chi connectivity index (χ1n) is 3.64. The molecule has 0 atom stereocenters.